The molecule has 3 heterocycles. The van der Waals surface area contributed by atoms with Crippen LogP contribution in [0.3, 0.4) is 0 Å². The van der Waals surface area contributed by atoms with Gasteiger partial charge in [-0.15, -0.1) is 0 Å². The van der Waals surface area contributed by atoms with Crippen LogP contribution in [0.2, 0.25) is 0 Å². The molecule has 7 heteroatoms. The molecule has 1 fully saturated rings. The van der Waals surface area contributed by atoms with E-state index >= 15 is 0 Å². The zero-order valence-electron chi connectivity index (χ0n) is 14.4. The largest absolute Gasteiger partial charge is 0.356 e. The molecule has 0 saturated carbocycles. The second-order valence-electron chi connectivity index (χ2n) is 6.41. The van der Waals surface area contributed by atoms with E-state index in [0.717, 1.165) is 24.1 Å². The molecule has 0 unspecified atom stereocenters. The molecule has 0 radical (unpaired) electrons. The highest BCUT2D eigenvalue weighted by Crippen LogP contribution is 2.19. The minimum Gasteiger partial charge on any atom is -0.356 e. The van der Waals surface area contributed by atoms with Gasteiger partial charge in [-0.05, 0) is 30.5 Å². The van der Waals surface area contributed by atoms with Crippen LogP contribution >= 0.6 is 0 Å². The summed E-state index contributed by atoms with van der Waals surface area (Å²) in [6.07, 6.45) is 7.54. The maximum absolute atomic E-state index is 12.3. The van der Waals surface area contributed by atoms with E-state index in [-0.39, 0.29) is 24.2 Å². The molecule has 2 amide bonds. The molecule has 0 spiro atoms. The number of likely N-dealkylation sites (tertiary alicyclic amines) is 1. The van der Waals surface area contributed by atoms with Crippen molar-refractivity contribution >= 4 is 11.8 Å². The third-order valence-corrected chi connectivity index (χ3v) is 4.36. The molecule has 0 bridgehead atoms. The Hall–Kier alpha value is -2.70. The fourth-order valence-electron chi connectivity index (χ4n) is 3.04. The number of nitrogens with zero attached hydrogens (tertiary/aromatic N) is 4. The van der Waals surface area contributed by atoms with Crippen LogP contribution in [0.5, 0.6) is 0 Å². The lowest BCUT2D eigenvalue weighted by Crippen LogP contribution is -2.33. The van der Waals surface area contributed by atoms with Crippen molar-refractivity contribution in [3.05, 3.63) is 48.0 Å². The Kier molecular flexibility index (Phi) is 5.42. The quantitative estimate of drug-likeness (QED) is 0.759. The third-order valence-electron chi connectivity index (χ3n) is 4.36. The monoisotopic (exact) mass is 341 g/mol. The van der Waals surface area contributed by atoms with Crippen molar-refractivity contribution in [1.82, 2.24) is 25.0 Å². The Bertz CT molecular complexity index is 728. The molecule has 0 aliphatic carbocycles. The molecule has 132 valence electrons. The number of aryl methyl sites for hydroxylation is 2. The first-order valence-corrected chi connectivity index (χ1v) is 8.55. The molecule has 3 rings (SSSR count). The standard InChI is InChI=1S/C18H23N5O2/c1-22-11-14(10-21-22)5-4-8-20-18(25)15-9-17(24)23(12-15)13-16-6-2-3-7-19-16/h2-3,6-7,10-11,15H,4-5,8-9,12-13H2,1H3,(H,20,25)/t15-/m1/s1. The summed E-state index contributed by atoms with van der Waals surface area (Å²) in [7, 11) is 1.89. The molecular weight excluding hydrogens is 318 g/mol. The molecule has 7 nitrogen and oxygen atoms in total. The van der Waals surface area contributed by atoms with Crippen LogP contribution in [-0.2, 0) is 29.6 Å². The van der Waals surface area contributed by atoms with Crippen LogP contribution in [0.1, 0.15) is 24.1 Å². The summed E-state index contributed by atoms with van der Waals surface area (Å²) >= 11 is 0. The van der Waals surface area contributed by atoms with E-state index in [0.29, 0.717) is 19.6 Å². The maximum atomic E-state index is 12.3. The van der Waals surface area contributed by atoms with Crippen molar-refractivity contribution in [1.29, 1.82) is 0 Å². The summed E-state index contributed by atoms with van der Waals surface area (Å²) in [6.45, 7) is 1.53. The van der Waals surface area contributed by atoms with Gasteiger partial charge in [-0.25, -0.2) is 0 Å². The van der Waals surface area contributed by atoms with Crippen LogP contribution in [-0.4, -0.2) is 44.6 Å². The Morgan fingerprint density at radius 3 is 3.00 bits per heavy atom. The van der Waals surface area contributed by atoms with E-state index in [9.17, 15) is 9.59 Å². The van der Waals surface area contributed by atoms with Gasteiger partial charge in [0.2, 0.25) is 11.8 Å². The highest BCUT2D eigenvalue weighted by Gasteiger charge is 2.34. The van der Waals surface area contributed by atoms with Gasteiger partial charge in [-0.3, -0.25) is 19.3 Å². The van der Waals surface area contributed by atoms with Gasteiger partial charge in [0.1, 0.15) is 0 Å². The highest BCUT2D eigenvalue weighted by molar-refractivity contribution is 5.89. The summed E-state index contributed by atoms with van der Waals surface area (Å²) in [5, 5.41) is 7.07. The van der Waals surface area contributed by atoms with Crippen LogP contribution in [0.15, 0.2) is 36.8 Å². The van der Waals surface area contributed by atoms with Crippen molar-refractivity contribution < 1.29 is 9.59 Å². The van der Waals surface area contributed by atoms with Crippen LogP contribution in [0, 0.1) is 5.92 Å². The van der Waals surface area contributed by atoms with Crippen LogP contribution in [0.4, 0.5) is 0 Å². The Morgan fingerprint density at radius 1 is 1.40 bits per heavy atom. The van der Waals surface area contributed by atoms with Crippen molar-refractivity contribution in [3.63, 3.8) is 0 Å². The summed E-state index contributed by atoms with van der Waals surface area (Å²) in [5.41, 5.74) is 2.00. The minimum absolute atomic E-state index is 0.0150. The molecule has 0 aromatic carbocycles. The SMILES string of the molecule is Cn1cc(CCCNC(=O)[C@@H]2CC(=O)N(Cc3ccccn3)C2)cn1. The van der Waals surface area contributed by atoms with Gasteiger partial charge in [0, 0.05) is 39.0 Å². The number of pyridine rings is 1. The lowest BCUT2D eigenvalue weighted by Gasteiger charge is -2.16. The third kappa shape index (κ3) is 4.65. The number of carbonyl (C=O) groups is 2. The fraction of sp³-hybridized carbons (Fsp3) is 0.444. The normalized spacial score (nSPS) is 17.1. The zero-order chi connectivity index (χ0) is 17.6. The Labute approximate surface area is 147 Å². The van der Waals surface area contributed by atoms with Gasteiger partial charge < -0.3 is 10.2 Å². The van der Waals surface area contributed by atoms with E-state index < -0.39 is 0 Å². The molecular formula is C18H23N5O2. The van der Waals surface area contributed by atoms with Crippen molar-refractivity contribution in [2.45, 2.75) is 25.8 Å². The van der Waals surface area contributed by atoms with Crippen molar-refractivity contribution in [2.24, 2.45) is 13.0 Å². The van der Waals surface area contributed by atoms with Gasteiger partial charge in [-0.2, -0.15) is 5.10 Å². The Balaban J connectivity index is 1.41. The van der Waals surface area contributed by atoms with Gasteiger partial charge >= 0.3 is 0 Å². The van der Waals surface area contributed by atoms with E-state index in [4.69, 9.17) is 0 Å². The lowest BCUT2D eigenvalue weighted by atomic mass is 10.1. The number of hydrogen-bond donors (Lipinski definition) is 1. The number of rotatable bonds is 7. The topological polar surface area (TPSA) is 80.1 Å². The molecule has 25 heavy (non-hydrogen) atoms. The highest BCUT2D eigenvalue weighted by atomic mass is 16.2. The maximum Gasteiger partial charge on any atom is 0.225 e. The minimum atomic E-state index is -0.269. The van der Waals surface area contributed by atoms with E-state index in [1.807, 2.05) is 37.6 Å². The Morgan fingerprint density at radius 2 is 2.28 bits per heavy atom. The molecule has 2 aromatic heterocycles. The molecule has 1 N–H and O–H groups in total. The van der Waals surface area contributed by atoms with Crippen molar-refractivity contribution in [2.75, 3.05) is 13.1 Å². The molecule has 2 aromatic rings. The van der Waals surface area contributed by atoms with Crippen LogP contribution < -0.4 is 5.32 Å². The predicted octanol–water partition coefficient (Wildman–Crippen LogP) is 0.913. The first-order valence-electron chi connectivity index (χ1n) is 8.55. The van der Waals surface area contributed by atoms with Crippen molar-refractivity contribution in [3.8, 4) is 0 Å². The number of aromatic nitrogens is 3. The number of amides is 2. The predicted molar refractivity (Wildman–Crippen MR) is 92.3 cm³/mol. The molecule has 1 aliphatic rings. The molecule has 1 aliphatic heterocycles. The average Bonchev–Trinajstić information content (AvgIpc) is 3.18. The van der Waals surface area contributed by atoms with Gasteiger partial charge in [-0.1, -0.05) is 6.07 Å². The lowest BCUT2D eigenvalue weighted by molar-refractivity contribution is -0.129. The second kappa shape index (κ2) is 7.92. The summed E-state index contributed by atoms with van der Waals surface area (Å²) in [4.78, 5) is 30.3. The number of hydrogen-bond acceptors (Lipinski definition) is 4. The molecule has 1 saturated heterocycles. The van der Waals surface area contributed by atoms with E-state index in [1.165, 1.54) is 0 Å². The van der Waals surface area contributed by atoms with Gasteiger partial charge in [0.15, 0.2) is 0 Å². The fourth-order valence-corrected chi connectivity index (χ4v) is 3.04. The molecule has 1 atom stereocenters. The summed E-state index contributed by atoms with van der Waals surface area (Å²) in [5.74, 6) is -0.293. The van der Waals surface area contributed by atoms with E-state index in [2.05, 4.69) is 15.4 Å². The average molecular weight is 341 g/mol. The smallest absolute Gasteiger partial charge is 0.225 e. The first-order chi connectivity index (χ1) is 12.1. The van der Waals surface area contributed by atoms with Gasteiger partial charge in [0.05, 0.1) is 24.4 Å². The van der Waals surface area contributed by atoms with Gasteiger partial charge in [0.25, 0.3) is 0 Å². The zero-order valence-corrected chi connectivity index (χ0v) is 14.4. The summed E-state index contributed by atoms with van der Waals surface area (Å²) < 4.78 is 1.77. The van der Waals surface area contributed by atoms with Crippen LogP contribution in [0.25, 0.3) is 0 Å². The first kappa shape index (κ1) is 17.1. The summed E-state index contributed by atoms with van der Waals surface area (Å²) in [6, 6.07) is 5.63. The second-order valence-corrected chi connectivity index (χ2v) is 6.41. The number of nitrogens with one attached hydrogen (secondary N) is 1. The number of carbonyl (C=O) groups excluding carboxylic acids is 2. The van der Waals surface area contributed by atoms with E-state index in [1.54, 1.807) is 15.8 Å².